The second kappa shape index (κ2) is 14.0. The molecule has 4 heteroatoms. The molecule has 0 saturated heterocycles. The zero-order valence-electron chi connectivity index (χ0n) is 24.6. The molecule has 4 atom stereocenters. The Morgan fingerprint density at radius 2 is 1.32 bits per heavy atom. The summed E-state index contributed by atoms with van der Waals surface area (Å²) in [7, 11) is 0. The SMILES string of the molecule is C/C=C/CCc1ccc(C2CCC3CC(C4CCC(COc5ccc(OCC)c(F)c5F)CC4)CCC3C2)cc1. The van der Waals surface area contributed by atoms with E-state index in [2.05, 4.69) is 43.3 Å². The fourth-order valence-electron chi connectivity index (χ4n) is 7.96. The fourth-order valence-corrected chi connectivity index (χ4v) is 7.96. The maximum atomic E-state index is 14.4. The molecular formula is C36H48F2O2. The number of fused-ring (bicyclic) bond motifs is 1. The lowest BCUT2D eigenvalue weighted by molar-refractivity contribution is 0.0663. The van der Waals surface area contributed by atoms with E-state index in [4.69, 9.17) is 9.47 Å². The highest BCUT2D eigenvalue weighted by Gasteiger charge is 2.39. The predicted molar refractivity (Wildman–Crippen MR) is 159 cm³/mol. The summed E-state index contributed by atoms with van der Waals surface area (Å²) in [5.74, 6) is 2.71. The smallest absolute Gasteiger partial charge is 0.204 e. The first-order valence-electron chi connectivity index (χ1n) is 16.0. The normalized spacial score (nSPS) is 28.8. The Balaban J connectivity index is 1.05. The Kier molecular flexibility index (Phi) is 10.2. The maximum absolute atomic E-state index is 14.4. The Morgan fingerprint density at radius 3 is 2.00 bits per heavy atom. The van der Waals surface area contributed by atoms with E-state index in [-0.39, 0.29) is 11.5 Å². The van der Waals surface area contributed by atoms with Gasteiger partial charge in [0.25, 0.3) is 0 Å². The van der Waals surface area contributed by atoms with Crippen LogP contribution in [-0.4, -0.2) is 13.2 Å². The number of rotatable bonds is 10. The molecule has 0 spiro atoms. The first-order chi connectivity index (χ1) is 19.6. The van der Waals surface area contributed by atoms with E-state index in [1.165, 1.54) is 69.1 Å². The highest BCUT2D eigenvalue weighted by atomic mass is 19.2. The summed E-state index contributed by atoms with van der Waals surface area (Å²) in [6.07, 6.45) is 19.7. The number of benzene rings is 2. The van der Waals surface area contributed by atoms with Crippen LogP contribution >= 0.6 is 0 Å². The molecule has 3 saturated carbocycles. The molecule has 0 heterocycles. The molecule has 0 aromatic heterocycles. The van der Waals surface area contributed by atoms with E-state index in [9.17, 15) is 8.78 Å². The van der Waals surface area contributed by atoms with Crippen LogP contribution in [-0.2, 0) is 6.42 Å². The topological polar surface area (TPSA) is 18.5 Å². The third kappa shape index (κ3) is 7.09. The average Bonchev–Trinajstić information content (AvgIpc) is 2.99. The van der Waals surface area contributed by atoms with Crippen LogP contribution < -0.4 is 9.47 Å². The van der Waals surface area contributed by atoms with Crippen molar-refractivity contribution < 1.29 is 18.3 Å². The molecule has 2 aromatic rings. The Bertz CT molecular complexity index is 1100. The van der Waals surface area contributed by atoms with E-state index in [0.29, 0.717) is 19.1 Å². The van der Waals surface area contributed by atoms with Crippen molar-refractivity contribution in [1.82, 2.24) is 0 Å². The summed E-state index contributed by atoms with van der Waals surface area (Å²) in [6.45, 7) is 4.61. The molecule has 3 aliphatic carbocycles. The number of allylic oxidation sites excluding steroid dienone is 2. The lowest BCUT2D eigenvalue weighted by Crippen LogP contribution is -2.34. The molecule has 0 aliphatic heterocycles. The highest BCUT2D eigenvalue weighted by molar-refractivity contribution is 5.35. The van der Waals surface area contributed by atoms with Crippen LogP contribution in [0.1, 0.15) is 102 Å². The van der Waals surface area contributed by atoms with Gasteiger partial charge in [0.2, 0.25) is 11.6 Å². The van der Waals surface area contributed by atoms with Gasteiger partial charge in [0, 0.05) is 0 Å². The van der Waals surface area contributed by atoms with E-state index >= 15 is 0 Å². The summed E-state index contributed by atoms with van der Waals surface area (Å²) < 4.78 is 39.4. The Morgan fingerprint density at radius 1 is 0.725 bits per heavy atom. The second-order valence-corrected chi connectivity index (χ2v) is 12.7. The summed E-state index contributed by atoms with van der Waals surface area (Å²) in [4.78, 5) is 0. The van der Waals surface area contributed by atoms with Crippen molar-refractivity contribution in [3.05, 3.63) is 71.3 Å². The van der Waals surface area contributed by atoms with Crippen molar-refractivity contribution in [3.63, 3.8) is 0 Å². The lowest BCUT2D eigenvalue weighted by Gasteiger charge is -2.45. The van der Waals surface area contributed by atoms with Crippen LogP contribution in [0.25, 0.3) is 0 Å². The lowest BCUT2D eigenvalue weighted by atomic mass is 9.60. The molecule has 2 aromatic carbocycles. The second-order valence-electron chi connectivity index (χ2n) is 12.7. The van der Waals surface area contributed by atoms with Gasteiger partial charge in [-0.25, -0.2) is 0 Å². The summed E-state index contributed by atoms with van der Waals surface area (Å²) in [5, 5.41) is 0. The number of aryl methyl sites for hydroxylation is 1. The van der Waals surface area contributed by atoms with Crippen molar-refractivity contribution in [2.24, 2.45) is 29.6 Å². The molecule has 3 aliphatic rings. The molecule has 0 radical (unpaired) electrons. The molecule has 0 bridgehead atoms. The van der Waals surface area contributed by atoms with Gasteiger partial charge in [-0.1, -0.05) is 36.4 Å². The van der Waals surface area contributed by atoms with Crippen LogP contribution in [0.3, 0.4) is 0 Å². The molecule has 3 fully saturated rings. The minimum atomic E-state index is -0.957. The molecule has 0 N–H and O–H groups in total. The van der Waals surface area contributed by atoms with Crippen molar-refractivity contribution in [3.8, 4) is 11.5 Å². The fraction of sp³-hybridized carbons (Fsp3) is 0.611. The van der Waals surface area contributed by atoms with Gasteiger partial charge < -0.3 is 9.47 Å². The van der Waals surface area contributed by atoms with Crippen molar-refractivity contribution >= 4 is 0 Å². The molecular weight excluding hydrogens is 502 g/mol. The monoisotopic (exact) mass is 550 g/mol. The van der Waals surface area contributed by atoms with Crippen LogP contribution in [0.2, 0.25) is 0 Å². The van der Waals surface area contributed by atoms with Crippen molar-refractivity contribution in [1.29, 1.82) is 0 Å². The zero-order chi connectivity index (χ0) is 27.9. The van der Waals surface area contributed by atoms with Crippen molar-refractivity contribution in [2.75, 3.05) is 13.2 Å². The van der Waals surface area contributed by atoms with E-state index < -0.39 is 11.6 Å². The largest absolute Gasteiger partial charge is 0.491 e. The van der Waals surface area contributed by atoms with Gasteiger partial charge >= 0.3 is 0 Å². The van der Waals surface area contributed by atoms with E-state index in [1.54, 1.807) is 12.5 Å². The molecule has 5 rings (SSSR count). The minimum Gasteiger partial charge on any atom is -0.491 e. The molecule has 218 valence electrons. The molecule has 2 nitrogen and oxygen atoms in total. The molecule has 40 heavy (non-hydrogen) atoms. The summed E-state index contributed by atoms with van der Waals surface area (Å²) in [6, 6.07) is 12.5. The van der Waals surface area contributed by atoms with Gasteiger partial charge in [-0.2, -0.15) is 8.78 Å². The standard InChI is InChI=1S/C36H48F2O2/c1-3-5-6-7-25-8-12-27(13-9-25)29-16-18-32-23-30(17-19-31(32)22-29)28-14-10-26(11-15-28)24-40-34-21-20-33(39-4-2)35(37)36(34)38/h3,5,8-9,12-13,20-21,26,28-32H,4,6-7,10-11,14-19,22-24H2,1-2H3/b5-3+. The van der Waals surface area contributed by atoms with Gasteiger partial charge in [-0.3, -0.25) is 0 Å². The van der Waals surface area contributed by atoms with Crippen LogP contribution in [0.5, 0.6) is 11.5 Å². The van der Waals surface area contributed by atoms with Crippen molar-refractivity contribution in [2.45, 2.75) is 96.8 Å². The average molecular weight is 551 g/mol. The van der Waals surface area contributed by atoms with Crippen LogP contribution in [0.15, 0.2) is 48.6 Å². The quantitative estimate of drug-likeness (QED) is 0.274. The van der Waals surface area contributed by atoms with Crippen LogP contribution in [0, 0.1) is 41.2 Å². The van der Waals surface area contributed by atoms with Gasteiger partial charge in [0.15, 0.2) is 11.5 Å². The van der Waals surface area contributed by atoms with Gasteiger partial charge in [-0.15, -0.1) is 0 Å². The predicted octanol–water partition coefficient (Wildman–Crippen LogP) is 10.1. The first kappa shape index (κ1) is 29.1. The number of hydrogen-bond acceptors (Lipinski definition) is 2. The zero-order valence-corrected chi connectivity index (χ0v) is 24.6. The Labute approximate surface area is 240 Å². The Hall–Kier alpha value is -2.36. The highest BCUT2D eigenvalue weighted by Crippen LogP contribution is 2.51. The third-order valence-corrected chi connectivity index (χ3v) is 10.3. The first-order valence-corrected chi connectivity index (χ1v) is 16.0. The summed E-state index contributed by atoms with van der Waals surface area (Å²) in [5.41, 5.74) is 3.01. The van der Waals surface area contributed by atoms with Gasteiger partial charge in [0.05, 0.1) is 13.2 Å². The summed E-state index contributed by atoms with van der Waals surface area (Å²) >= 11 is 0. The van der Waals surface area contributed by atoms with Gasteiger partial charge in [-0.05, 0) is 150 Å². The van der Waals surface area contributed by atoms with Crippen LogP contribution in [0.4, 0.5) is 8.78 Å². The minimum absolute atomic E-state index is 0.00246. The molecule has 4 unspecified atom stereocenters. The third-order valence-electron chi connectivity index (χ3n) is 10.3. The number of hydrogen-bond donors (Lipinski definition) is 0. The van der Waals surface area contributed by atoms with Gasteiger partial charge in [0.1, 0.15) is 0 Å². The molecule has 0 amide bonds. The van der Waals surface area contributed by atoms with E-state index in [1.807, 2.05) is 0 Å². The number of ether oxygens (including phenoxy) is 2. The number of halogens is 2. The van der Waals surface area contributed by atoms with E-state index in [0.717, 1.165) is 55.3 Å². The maximum Gasteiger partial charge on any atom is 0.204 e.